The van der Waals surface area contributed by atoms with Crippen molar-refractivity contribution < 1.29 is 26.7 Å². The van der Waals surface area contributed by atoms with Crippen molar-refractivity contribution >= 4 is 21.6 Å². The number of pyridine rings is 1. The number of nitrogens with one attached hydrogen (secondary N) is 2. The van der Waals surface area contributed by atoms with Gasteiger partial charge in [0.2, 0.25) is 10.0 Å². The minimum atomic E-state index is -3.85. The molecule has 3 rings (SSSR count). The average Bonchev–Trinajstić information content (AvgIpc) is 2.85. The highest BCUT2D eigenvalue weighted by atomic mass is 32.2. The highest BCUT2D eigenvalue weighted by Crippen LogP contribution is 2.29. The van der Waals surface area contributed by atoms with Crippen LogP contribution in [0.2, 0.25) is 0 Å². The Balaban J connectivity index is 1.81. The van der Waals surface area contributed by atoms with Gasteiger partial charge in [-0.05, 0) is 62.0 Å². The largest absolute Gasteiger partial charge is 0.497 e. The summed E-state index contributed by atoms with van der Waals surface area (Å²) in [6.45, 7) is 1.69. The van der Waals surface area contributed by atoms with E-state index < -0.39 is 38.9 Å². The third-order valence-electron chi connectivity index (χ3n) is 5.84. The highest BCUT2D eigenvalue weighted by molar-refractivity contribution is 7.89. The zero-order valence-electron chi connectivity index (χ0n) is 20.4. The third kappa shape index (κ3) is 6.42. The topological polar surface area (TPSA) is 101 Å². The van der Waals surface area contributed by atoms with E-state index in [2.05, 4.69) is 15.6 Å². The van der Waals surface area contributed by atoms with Crippen LogP contribution in [0.15, 0.2) is 60.8 Å². The number of carbonyl (C=O) groups excluding carboxylic acids is 1. The van der Waals surface area contributed by atoms with Gasteiger partial charge in [-0.15, -0.1) is 0 Å². The molecule has 3 aromatic rings. The molecule has 2 N–H and O–H groups in total. The Morgan fingerprint density at radius 2 is 1.81 bits per heavy atom. The highest BCUT2D eigenvalue weighted by Gasteiger charge is 2.35. The van der Waals surface area contributed by atoms with Gasteiger partial charge in [0.1, 0.15) is 23.1 Å². The number of methoxy groups -OCH3 is 1. The lowest BCUT2D eigenvalue weighted by molar-refractivity contribution is 0.102. The van der Waals surface area contributed by atoms with Crippen molar-refractivity contribution in [3.8, 4) is 5.75 Å². The zero-order chi connectivity index (χ0) is 26.5. The summed E-state index contributed by atoms with van der Waals surface area (Å²) in [4.78, 5) is 16.2. The molecule has 1 aromatic heterocycles. The van der Waals surface area contributed by atoms with Gasteiger partial charge >= 0.3 is 0 Å². The summed E-state index contributed by atoms with van der Waals surface area (Å²) in [5, 5.41) is 5.50. The van der Waals surface area contributed by atoms with E-state index in [1.54, 1.807) is 38.3 Å². The molecular formula is C25H28F2N4O4S. The molecule has 1 atom stereocenters. The van der Waals surface area contributed by atoms with Crippen LogP contribution in [0.25, 0.3) is 0 Å². The Labute approximate surface area is 209 Å². The first-order chi connectivity index (χ1) is 17.0. The summed E-state index contributed by atoms with van der Waals surface area (Å²) < 4.78 is 60.8. The van der Waals surface area contributed by atoms with Gasteiger partial charge in [-0.3, -0.25) is 4.79 Å². The van der Waals surface area contributed by atoms with Crippen LogP contribution in [0.5, 0.6) is 5.75 Å². The second-order valence-electron chi connectivity index (χ2n) is 8.45. The van der Waals surface area contributed by atoms with Crippen molar-refractivity contribution in [2.45, 2.75) is 19.0 Å². The summed E-state index contributed by atoms with van der Waals surface area (Å²) in [6.07, 6.45) is 0.913. The molecule has 0 bridgehead atoms. The van der Waals surface area contributed by atoms with Gasteiger partial charge in [-0.1, -0.05) is 12.1 Å². The van der Waals surface area contributed by atoms with Crippen LogP contribution in [0, 0.1) is 11.6 Å². The van der Waals surface area contributed by atoms with E-state index in [1.807, 2.05) is 0 Å². The number of carbonyl (C=O) groups is 1. The fourth-order valence-corrected chi connectivity index (χ4v) is 5.17. The van der Waals surface area contributed by atoms with E-state index in [1.165, 1.54) is 36.6 Å². The summed E-state index contributed by atoms with van der Waals surface area (Å²) in [5.74, 6) is -1.64. The summed E-state index contributed by atoms with van der Waals surface area (Å²) in [6, 6.07) is 13.2. The molecule has 0 aliphatic rings. The summed E-state index contributed by atoms with van der Waals surface area (Å²) in [7, 11) is 0.684. The van der Waals surface area contributed by atoms with Crippen LogP contribution in [0.1, 0.15) is 28.5 Å². The molecule has 0 saturated heterocycles. The first-order valence-electron chi connectivity index (χ1n) is 11.0. The number of anilines is 1. The Kier molecular flexibility index (Phi) is 8.39. The molecular weight excluding hydrogens is 490 g/mol. The van der Waals surface area contributed by atoms with Crippen LogP contribution in [-0.4, -0.2) is 50.6 Å². The molecule has 11 heteroatoms. The Morgan fingerprint density at radius 1 is 1.11 bits per heavy atom. The molecule has 1 amide bonds. The molecule has 1 heterocycles. The number of hydrogen-bond donors (Lipinski definition) is 2. The number of sulfonamides is 1. The number of rotatable bonds is 10. The van der Waals surface area contributed by atoms with Crippen molar-refractivity contribution in [3.63, 3.8) is 0 Å². The monoisotopic (exact) mass is 518 g/mol. The summed E-state index contributed by atoms with van der Waals surface area (Å²) >= 11 is 0. The maximum Gasteiger partial charge on any atom is 0.274 e. The molecule has 0 aliphatic carbocycles. The second kappa shape index (κ2) is 11.1. The van der Waals surface area contributed by atoms with E-state index in [0.717, 1.165) is 23.9 Å². The smallest absolute Gasteiger partial charge is 0.274 e. The van der Waals surface area contributed by atoms with E-state index in [9.17, 15) is 22.0 Å². The molecule has 36 heavy (non-hydrogen) atoms. The van der Waals surface area contributed by atoms with Crippen LogP contribution in [-0.2, 0) is 22.1 Å². The second-order valence-corrected chi connectivity index (χ2v) is 10.5. The molecule has 0 saturated carbocycles. The Bertz CT molecular complexity index is 1320. The zero-order valence-corrected chi connectivity index (χ0v) is 21.2. The van der Waals surface area contributed by atoms with Gasteiger partial charge in [0.05, 0.1) is 24.6 Å². The van der Waals surface area contributed by atoms with Gasteiger partial charge in [0.25, 0.3) is 5.91 Å². The molecule has 0 aliphatic heterocycles. The molecule has 0 spiro atoms. The number of halogens is 2. The molecule has 0 unspecified atom stereocenters. The number of ether oxygens (including phenoxy) is 1. The van der Waals surface area contributed by atoms with E-state index in [0.29, 0.717) is 5.75 Å². The molecule has 2 aromatic carbocycles. The van der Waals surface area contributed by atoms with Gasteiger partial charge in [0, 0.05) is 24.8 Å². The number of aromatic nitrogens is 1. The first kappa shape index (κ1) is 27.2. The SMILES string of the molecule is CN[C@@](C)(CS(=O)(=O)N(C)Cc1ccc(OC)cc1)c1cc(NC(=O)c2ccc(F)cn2)ccc1F. The fourth-order valence-electron chi connectivity index (χ4n) is 3.58. The normalized spacial score (nSPS) is 13.3. The van der Waals surface area contributed by atoms with E-state index in [-0.39, 0.29) is 23.5 Å². The van der Waals surface area contributed by atoms with Gasteiger partial charge in [-0.2, -0.15) is 0 Å². The number of amides is 1. The molecule has 0 radical (unpaired) electrons. The van der Waals surface area contributed by atoms with Crippen molar-refractivity contribution in [1.82, 2.24) is 14.6 Å². The molecule has 0 fully saturated rings. The third-order valence-corrected chi connectivity index (χ3v) is 7.86. The molecule has 192 valence electrons. The number of nitrogens with zero attached hydrogens (tertiary/aromatic N) is 2. The van der Waals surface area contributed by atoms with Crippen molar-refractivity contribution in [3.05, 3.63) is 89.2 Å². The van der Waals surface area contributed by atoms with Gasteiger partial charge in [0.15, 0.2) is 0 Å². The number of hydrogen-bond acceptors (Lipinski definition) is 6. The maximum atomic E-state index is 14.9. The standard InChI is InChI=1S/C25H28F2N4O4S/c1-25(28-2,16-36(33,34)31(3)15-17-5-9-20(35-4)10-6-17)21-13-19(8-11-22(21)27)30-24(32)23-12-7-18(26)14-29-23/h5-14,28H,15-16H2,1-4H3,(H,30,32)/t25-/m0/s1. The van der Waals surface area contributed by atoms with Crippen molar-refractivity contribution in [2.24, 2.45) is 0 Å². The molecule has 8 nitrogen and oxygen atoms in total. The van der Waals surface area contributed by atoms with Crippen molar-refractivity contribution in [2.75, 3.05) is 32.3 Å². The van der Waals surface area contributed by atoms with E-state index >= 15 is 0 Å². The van der Waals surface area contributed by atoms with Crippen LogP contribution < -0.4 is 15.4 Å². The lowest BCUT2D eigenvalue weighted by Crippen LogP contribution is -2.47. The Hall–Kier alpha value is -3.41. The van der Waals surface area contributed by atoms with Gasteiger partial charge < -0.3 is 15.4 Å². The maximum absolute atomic E-state index is 14.9. The minimum Gasteiger partial charge on any atom is -0.497 e. The van der Waals surface area contributed by atoms with E-state index in [4.69, 9.17) is 4.74 Å². The summed E-state index contributed by atoms with van der Waals surface area (Å²) in [5.41, 5.74) is -0.310. The van der Waals surface area contributed by atoms with Crippen LogP contribution in [0.4, 0.5) is 14.5 Å². The average molecular weight is 519 g/mol. The lowest BCUT2D eigenvalue weighted by atomic mass is 9.93. The quantitative estimate of drug-likeness (QED) is 0.426. The van der Waals surface area contributed by atoms with Crippen LogP contribution in [0.3, 0.4) is 0 Å². The first-order valence-corrected chi connectivity index (χ1v) is 12.6. The van der Waals surface area contributed by atoms with Gasteiger partial charge in [-0.25, -0.2) is 26.5 Å². The lowest BCUT2D eigenvalue weighted by Gasteiger charge is -2.32. The fraction of sp³-hybridized carbons (Fsp3) is 0.280. The van der Waals surface area contributed by atoms with Crippen LogP contribution >= 0.6 is 0 Å². The predicted octanol–water partition coefficient (Wildman–Crippen LogP) is 3.52. The Morgan fingerprint density at radius 3 is 2.39 bits per heavy atom. The minimum absolute atomic E-state index is 0.0265. The predicted molar refractivity (Wildman–Crippen MR) is 133 cm³/mol. The number of benzene rings is 2. The van der Waals surface area contributed by atoms with Crippen molar-refractivity contribution in [1.29, 1.82) is 0 Å².